The van der Waals surface area contributed by atoms with Crippen LogP contribution in [0.4, 0.5) is 18.0 Å². The standard InChI is InChI=1S/C23H28F3N3O2/c1-18-3-2-4-21(13-18)15-28-9-11-29(12-10-28)22(30)27-14-19-5-7-20(8-6-19)16-31-17-23(24,25)26/h2-8,13H,9-12,14-17H2,1H3,(H,27,30). The molecule has 0 aromatic heterocycles. The van der Waals surface area contributed by atoms with Gasteiger partial charge in [0.05, 0.1) is 6.61 Å². The fourth-order valence-corrected chi connectivity index (χ4v) is 3.51. The Labute approximate surface area is 180 Å². The zero-order chi connectivity index (χ0) is 22.3. The van der Waals surface area contributed by atoms with E-state index in [1.54, 1.807) is 24.3 Å². The van der Waals surface area contributed by atoms with Gasteiger partial charge < -0.3 is 15.0 Å². The summed E-state index contributed by atoms with van der Waals surface area (Å²) in [5, 5.41) is 2.91. The van der Waals surface area contributed by atoms with Crippen molar-refractivity contribution in [1.29, 1.82) is 0 Å². The van der Waals surface area contributed by atoms with Crippen LogP contribution in [0.2, 0.25) is 0 Å². The molecule has 1 N–H and O–H groups in total. The lowest BCUT2D eigenvalue weighted by Crippen LogP contribution is -2.51. The highest BCUT2D eigenvalue weighted by Gasteiger charge is 2.27. The maximum absolute atomic E-state index is 12.5. The Hall–Kier alpha value is -2.58. The van der Waals surface area contributed by atoms with Crippen LogP contribution in [0.1, 0.15) is 22.3 Å². The zero-order valence-corrected chi connectivity index (χ0v) is 17.6. The van der Waals surface area contributed by atoms with Gasteiger partial charge in [-0.2, -0.15) is 13.2 Å². The largest absolute Gasteiger partial charge is 0.411 e. The molecule has 1 fully saturated rings. The lowest BCUT2D eigenvalue weighted by atomic mass is 10.1. The van der Waals surface area contributed by atoms with Gasteiger partial charge in [-0.1, -0.05) is 54.1 Å². The molecule has 2 aromatic carbocycles. The number of nitrogens with zero attached hydrogens (tertiary/aromatic N) is 2. The summed E-state index contributed by atoms with van der Waals surface area (Å²) in [6.45, 7) is 4.98. The van der Waals surface area contributed by atoms with Gasteiger partial charge in [0, 0.05) is 39.3 Å². The van der Waals surface area contributed by atoms with Crippen LogP contribution in [0, 0.1) is 6.92 Å². The van der Waals surface area contributed by atoms with Crippen molar-refractivity contribution >= 4 is 6.03 Å². The number of ether oxygens (including phenoxy) is 1. The van der Waals surface area contributed by atoms with Gasteiger partial charge in [-0.05, 0) is 23.6 Å². The van der Waals surface area contributed by atoms with Gasteiger partial charge in [0.2, 0.25) is 0 Å². The number of amides is 2. The predicted molar refractivity (Wildman–Crippen MR) is 112 cm³/mol. The van der Waals surface area contributed by atoms with Crippen LogP contribution < -0.4 is 5.32 Å². The van der Waals surface area contributed by atoms with E-state index >= 15 is 0 Å². The molecule has 0 aliphatic carbocycles. The molecule has 0 bridgehead atoms. The van der Waals surface area contributed by atoms with Gasteiger partial charge in [0.1, 0.15) is 6.61 Å². The second kappa shape index (κ2) is 10.6. The molecule has 1 aliphatic rings. The van der Waals surface area contributed by atoms with E-state index in [9.17, 15) is 18.0 Å². The molecule has 31 heavy (non-hydrogen) atoms. The van der Waals surface area contributed by atoms with E-state index < -0.39 is 12.8 Å². The van der Waals surface area contributed by atoms with E-state index in [4.69, 9.17) is 0 Å². The van der Waals surface area contributed by atoms with E-state index in [0.717, 1.165) is 25.2 Å². The average molecular weight is 435 g/mol. The lowest BCUT2D eigenvalue weighted by molar-refractivity contribution is -0.176. The van der Waals surface area contributed by atoms with Crippen LogP contribution in [0.3, 0.4) is 0 Å². The first-order valence-electron chi connectivity index (χ1n) is 10.3. The minimum Gasteiger partial charge on any atom is -0.367 e. The number of carbonyl (C=O) groups excluding carboxylic acids is 1. The first-order valence-corrected chi connectivity index (χ1v) is 10.3. The van der Waals surface area contributed by atoms with Gasteiger partial charge in [-0.25, -0.2) is 4.79 Å². The highest BCUT2D eigenvalue weighted by molar-refractivity contribution is 5.74. The molecule has 0 saturated carbocycles. The van der Waals surface area contributed by atoms with Crippen LogP contribution in [0.25, 0.3) is 0 Å². The molecule has 3 rings (SSSR count). The number of hydrogen-bond acceptors (Lipinski definition) is 3. The number of aryl methyl sites for hydroxylation is 1. The van der Waals surface area contributed by atoms with Crippen LogP contribution >= 0.6 is 0 Å². The summed E-state index contributed by atoms with van der Waals surface area (Å²) in [6, 6.07) is 15.3. The minimum absolute atomic E-state index is 0.0982. The van der Waals surface area contributed by atoms with Crippen molar-refractivity contribution < 1.29 is 22.7 Å². The highest BCUT2D eigenvalue weighted by atomic mass is 19.4. The number of halogens is 3. The molecule has 5 nitrogen and oxygen atoms in total. The Morgan fingerprint density at radius 3 is 2.32 bits per heavy atom. The maximum Gasteiger partial charge on any atom is 0.411 e. The summed E-state index contributed by atoms with van der Waals surface area (Å²) in [6.07, 6.45) is -4.32. The number of urea groups is 1. The van der Waals surface area contributed by atoms with Crippen LogP contribution in [0.15, 0.2) is 48.5 Å². The Morgan fingerprint density at radius 2 is 1.68 bits per heavy atom. The van der Waals surface area contributed by atoms with Crippen LogP contribution in [-0.4, -0.2) is 54.8 Å². The molecule has 1 saturated heterocycles. The fraction of sp³-hybridized carbons (Fsp3) is 0.435. The molecule has 168 valence electrons. The number of carbonyl (C=O) groups is 1. The second-order valence-electron chi connectivity index (χ2n) is 7.84. The molecule has 1 aliphatic heterocycles. The van der Waals surface area contributed by atoms with Crippen molar-refractivity contribution in [2.24, 2.45) is 0 Å². The Morgan fingerprint density at radius 1 is 1.00 bits per heavy atom. The fourth-order valence-electron chi connectivity index (χ4n) is 3.51. The number of hydrogen-bond donors (Lipinski definition) is 1. The molecule has 1 heterocycles. The summed E-state index contributed by atoms with van der Waals surface area (Å²) in [5.74, 6) is 0. The third-order valence-electron chi connectivity index (χ3n) is 5.15. The van der Waals surface area contributed by atoms with Crippen LogP contribution in [0.5, 0.6) is 0 Å². The summed E-state index contributed by atoms with van der Waals surface area (Å²) >= 11 is 0. The van der Waals surface area contributed by atoms with Gasteiger partial charge in [-0.15, -0.1) is 0 Å². The number of nitrogens with one attached hydrogen (secondary N) is 1. The van der Waals surface area contributed by atoms with E-state index in [2.05, 4.69) is 46.1 Å². The molecule has 0 radical (unpaired) electrons. The second-order valence-corrected chi connectivity index (χ2v) is 7.84. The normalized spacial score (nSPS) is 15.2. The van der Waals surface area contributed by atoms with E-state index in [1.165, 1.54) is 11.1 Å². The minimum atomic E-state index is -4.32. The molecular formula is C23H28F3N3O2. The molecule has 8 heteroatoms. The van der Waals surface area contributed by atoms with E-state index in [0.29, 0.717) is 25.2 Å². The summed E-state index contributed by atoms with van der Waals surface area (Å²) in [7, 11) is 0. The van der Waals surface area contributed by atoms with Crippen molar-refractivity contribution in [3.8, 4) is 0 Å². The third-order valence-corrected chi connectivity index (χ3v) is 5.15. The molecule has 2 amide bonds. The number of piperazine rings is 1. The topological polar surface area (TPSA) is 44.8 Å². The average Bonchev–Trinajstić information content (AvgIpc) is 2.73. The monoisotopic (exact) mass is 435 g/mol. The summed E-state index contributed by atoms with van der Waals surface area (Å²) in [4.78, 5) is 16.6. The van der Waals surface area contributed by atoms with Crippen molar-refractivity contribution in [3.63, 3.8) is 0 Å². The molecular weight excluding hydrogens is 407 g/mol. The smallest absolute Gasteiger partial charge is 0.367 e. The van der Waals surface area contributed by atoms with Crippen molar-refractivity contribution in [1.82, 2.24) is 15.1 Å². The lowest BCUT2D eigenvalue weighted by Gasteiger charge is -2.34. The SMILES string of the molecule is Cc1cccc(CN2CCN(C(=O)NCc3ccc(COCC(F)(F)F)cc3)CC2)c1. The summed E-state index contributed by atoms with van der Waals surface area (Å²) in [5.41, 5.74) is 4.07. The van der Waals surface area contributed by atoms with Crippen molar-refractivity contribution in [2.75, 3.05) is 32.8 Å². The Balaban J connectivity index is 1.37. The molecule has 0 spiro atoms. The quantitative estimate of drug-likeness (QED) is 0.712. The molecule has 0 unspecified atom stereocenters. The van der Waals surface area contributed by atoms with Gasteiger partial charge >= 0.3 is 12.2 Å². The highest BCUT2D eigenvalue weighted by Crippen LogP contribution is 2.16. The molecule has 0 atom stereocenters. The third kappa shape index (κ3) is 7.88. The number of alkyl halides is 3. The first-order chi connectivity index (χ1) is 14.8. The first kappa shape index (κ1) is 23.1. The maximum atomic E-state index is 12.5. The number of rotatable bonds is 7. The predicted octanol–water partition coefficient (Wildman–Crippen LogP) is 4.10. The van der Waals surface area contributed by atoms with Crippen LogP contribution in [-0.2, 0) is 24.4 Å². The van der Waals surface area contributed by atoms with Crippen molar-refractivity contribution in [3.05, 3.63) is 70.8 Å². The Kier molecular flexibility index (Phi) is 7.92. The zero-order valence-electron chi connectivity index (χ0n) is 17.6. The van der Waals surface area contributed by atoms with E-state index in [1.807, 2.05) is 4.90 Å². The summed E-state index contributed by atoms with van der Waals surface area (Å²) < 4.78 is 41.0. The number of benzene rings is 2. The molecule has 2 aromatic rings. The van der Waals surface area contributed by atoms with Gasteiger partial charge in [-0.3, -0.25) is 4.90 Å². The van der Waals surface area contributed by atoms with Gasteiger partial charge in [0.25, 0.3) is 0 Å². The van der Waals surface area contributed by atoms with Crippen molar-refractivity contribution in [2.45, 2.75) is 32.8 Å². The Bertz CT molecular complexity index is 848. The van der Waals surface area contributed by atoms with Gasteiger partial charge in [0.15, 0.2) is 0 Å². The van der Waals surface area contributed by atoms with E-state index in [-0.39, 0.29) is 12.6 Å².